The summed E-state index contributed by atoms with van der Waals surface area (Å²) in [6.45, 7) is 7.32. The second-order valence-corrected chi connectivity index (χ2v) is 8.00. The number of carbonyl (C=O) groups excluding carboxylic acids is 6. The third-order valence-electron chi connectivity index (χ3n) is 5.11. The van der Waals surface area contributed by atoms with Gasteiger partial charge in [0.25, 0.3) is 0 Å². The Hall–Kier alpha value is -3.42. The number of nitrogens with one attached hydrogen (secondary N) is 1. The van der Waals surface area contributed by atoms with Crippen LogP contribution in [0.25, 0.3) is 0 Å². The van der Waals surface area contributed by atoms with Gasteiger partial charge in [-0.25, -0.2) is 9.59 Å². The van der Waals surface area contributed by atoms with Crippen molar-refractivity contribution >= 4 is 35.9 Å². The first-order valence-corrected chi connectivity index (χ1v) is 11.2. The van der Waals surface area contributed by atoms with Crippen LogP contribution in [0.2, 0.25) is 0 Å². The monoisotopic (exact) mass is 519 g/mol. The number of amides is 1. The second-order valence-electron chi connectivity index (χ2n) is 8.00. The first-order chi connectivity index (χ1) is 16.8. The molecule has 204 valence electrons. The molecule has 36 heavy (non-hydrogen) atoms. The van der Waals surface area contributed by atoms with E-state index < -0.39 is 79.3 Å². The van der Waals surface area contributed by atoms with E-state index >= 15 is 0 Å². The molecule has 1 N–H and O–H groups in total. The van der Waals surface area contributed by atoms with Crippen LogP contribution in [0.1, 0.15) is 48.0 Å². The van der Waals surface area contributed by atoms with E-state index in [-0.39, 0.29) is 5.92 Å². The van der Waals surface area contributed by atoms with Gasteiger partial charge in [-0.15, -0.1) is 0 Å². The number of alkyl carbamates (subject to hydrolysis) is 1. The standard InChI is InChI=1S/C22H33NO13/c1-8-10(2)16(20(28)30-7)23-22(29)36-21-19(34-14(6)27)18(33-13(5)26)17(32-12(4)25)15(35-21)9-31-11(3)24/h10,15-19,21H,8-9H2,1-7H3,(H,23,29)/t10-,15+,16-,17+,18-,19+,21?/m0/s1. The Morgan fingerprint density at radius 2 is 1.33 bits per heavy atom. The summed E-state index contributed by atoms with van der Waals surface area (Å²) in [6.07, 6.45) is -8.14. The van der Waals surface area contributed by atoms with Gasteiger partial charge >= 0.3 is 35.9 Å². The molecule has 7 atom stereocenters. The van der Waals surface area contributed by atoms with Gasteiger partial charge in [0.05, 0.1) is 7.11 Å². The molecule has 0 aromatic carbocycles. The van der Waals surface area contributed by atoms with E-state index in [0.29, 0.717) is 6.42 Å². The van der Waals surface area contributed by atoms with Crippen molar-refractivity contribution in [2.75, 3.05) is 13.7 Å². The number of carbonyl (C=O) groups is 6. The summed E-state index contributed by atoms with van der Waals surface area (Å²) in [5.41, 5.74) is 0. The van der Waals surface area contributed by atoms with E-state index in [4.69, 9.17) is 33.2 Å². The Labute approximate surface area is 208 Å². The second kappa shape index (κ2) is 14.2. The minimum atomic E-state index is -1.72. The lowest BCUT2D eigenvalue weighted by Crippen LogP contribution is -2.63. The van der Waals surface area contributed by atoms with Crippen LogP contribution in [0.15, 0.2) is 0 Å². The Morgan fingerprint density at radius 3 is 1.81 bits per heavy atom. The third kappa shape index (κ3) is 9.32. The molecule has 14 heteroatoms. The highest BCUT2D eigenvalue weighted by atomic mass is 16.8. The van der Waals surface area contributed by atoms with E-state index in [2.05, 4.69) is 5.32 Å². The van der Waals surface area contributed by atoms with Crippen LogP contribution in [-0.2, 0) is 57.1 Å². The van der Waals surface area contributed by atoms with Crippen molar-refractivity contribution in [1.29, 1.82) is 0 Å². The number of esters is 5. The van der Waals surface area contributed by atoms with Crippen molar-refractivity contribution in [1.82, 2.24) is 5.32 Å². The molecular weight excluding hydrogens is 486 g/mol. The lowest BCUT2D eigenvalue weighted by Gasteiger charge is -2.43. The molecule has 0 aromatic heterocycles. The maximum absolute atomic E-state index is 12.7. The van der Waals surface area contributed by atoms with Crippen molar-refractivity contribution in [3.63, 3.8) is 0 Å². The van der Waals surface area contributed by atoms with Crippen molar-refractivity contribution in [2.45, 2.75) is 84.7 Å². The van der Waals surface area contributed by atoms with Crippen molar-refractivity contribution in [2.24, 2.45) is 5.92 Å². The molecule has 14 nitrogen and oxygen atoms in total. The molecule has 0 spiro atoms. The van der Waals surface area contributed by atoms with Crippen LogP contribution in [0.4, 0.5) is 4.79 Å². The summed E-state index contributed by atoms with van der Waals surface area (Å²) >= 11 is 0. The summed E-state index contributed by atoms with van der Waals surface area (Å²) in [5, 5.41) is 2.37. The fourth-order valence-electron chi connectivity index (χ4n) is 3.35. The molecule has 1 rings (SSSR count). The van der Waals surface area contributed by atoms with Gasteiger partial charge in [-0.1, -0.05) is 20.3 Å². The molecule has 0 radical (unpaired) electrons. The summed E-state index contributed by atoms with van der Waals surface area (Å²) in [4.78, 5) is 71.6. The summed E-state index contributed by atoms with van der Waals surface area (Å²) in [5.74, 6) is -4.25. The lowest BCUT2D eigenvalue weighted by molar-refractivity contribution is -0.294. The van der Waals surface area contributed by atoms with Crippen LogP contribution in [0.5, 0.6) is 0 Å². The van der Waals surface area contributed by atoms with E-state index in [9.17, 15) is 28.8 Å². The van der Waals surface area contributed by atoms with E-state index in [1.165, 1.54) is 0 Å². The maximum Gasteiger partial charge on any atom is 0.410 e. The van der Waals surface area contributed by atoms with Gasteiger partial charge in [0.1, 0.15) is 18.8 Å². The Kier molecular flexibility index (Phi) is 12.1. The highest BCUT2D eigenvalue weighted by Gasteiger charge is 2.54. The van der Waals surface area contributed by atoms with Crippen LogP contribution < -0.4 is 5.32 Å². The molecular formula is C22H33NO13. The number of ether oxygens (including phenoxy) is 7. The van der Waals surface area contributed by atoms with Crippen molar-refractivity contribution < 1.29 is 61.9 Å². The van der Waals surface area contributed by atoms with E-state index in [0.717, 1.165) is 34.8 Å². The van der Waals surface area contributed by atoms with Gasteiger partial charge in [-0.2, -0.15) is 0 Å². The Bertz CT molecular complexity index is 829. The third-order valence-corrected chi connectivity index (χ3v) is 5.11. The van der Waals surface area contributed by atoms with Crippen LogP contribution in [-0.4, -0.2) is 86.4 Å². The quantitative estimate of drug-likeness (QED) is 0.309. The predicted octanol–water partition coefficient (Wildman–Crippen LogP) is 0.383. The van der Waals surface area contributed by atoms with Gasteiger partial charge < -0.3 is 38.5 Å². The Balaban J connectivity index is 3.34. The number of hydrogen-bond acceptors (Lipinski definition) is 13. The predicted molar refractivity (Wildman–Crippen MR) is 117 cm³/mol. The molecule has 0 aliphatic carbocycles. The Morgan fingerprint density at radius 1 is 0.806 bits per heavy atom. The van der Waals surface area contributed by atoms with E-state index in [1.54, 1.807) is 13.8 Å². The maximum atomic E-state index is 12.7. The molecule has 0 aromatic rings. The zero-order chi connectivity index (χ0) is 27.6. The van der Waals surface area contributed by atoms with E-state index in [1.807, 2.05) is 0 Å². The lowest BCUT2D eigenvalue weighted by atomic mass is 9.98. The molecule has 1 amide bonds. The first kappa shape index (κ1) is 30.6. The highest BCUT2D eigenvalue weighted by Crippen LogP contribution is 2.30. The van der Waals surface area contributed by atoms with Gasteiger partial charge in [-0.05, 0) is 5.92 Å². The molecule has 0 saturated carbocycles. The van der Waals surface area contributed by atoms with Crippen LogP contribution in [0, 0.1) is 5.92 Å². The van der Waals surface area contributed by atoms with Gasteiger partial charge in [0.15, 0.2) is 12.2 Å². The number of hydrogen-bond donors (Lipinski definition) is 1. The van der Waals surface area contributed by atoms with Crippen molar-refractivity contribution in [3.05, 3.63) is 0 Å². The minimum absolute atomic E-state index is 0.333. The number of rotatable bonds is 10. The molecule has 1 heterocycles. The SMILES string of the molecule is CC[C@H](C)[C@H](NC(=O)OC1O[C@H](COC(C)=O)[C@@H](OC(C)=O)[C@H](OC(C)=O)[C@H]1OC(C)=O)C(=O)OC. The average Bonchev–Trinajstić information content (AvgIpc) is 2.78. The van der Waals surface area contributed by atoms with Crippen molar-refractivity contribution in [3.8, 4) is 0 Å². The fourth-order valence-corrected chi connectivity index (χ4v) is 3.35. The largest absolute Gasteiger partial charge is 0.467 e. The van der Waals surface area contributed by atoms with Gasteiger partial charge in [0.2, 0.25) is 12.4 Å². The molecule has 1 aliphatic rings. The molecule has 1 unspecified atom stereocenters. The fraction of sp³-hybridized carbons (Fsp3) is 0.727. The van der Waals surface area contributed by atoms with Gasteiger partial charge in [0, 0.05) is 27.7 Å². The summed E-state index contributed by atoms with van der Waals surface area (Å²) in [6, 6.07) is -1.07. The normalized spacial score (nSPS) is 24.8. The molecule has 1 fully saturated rings. The van der Waals surface area contributed by atoms with Crippen LogP contribution >= 0.6 is 0 Å². The summed E-state index contributed by atoms with van der Waals surface area (Å²) in [7, 11) is 1.16. The first-order valence-electron chi connectivity index (χ1n) is 11.2. The van der Waals surface area contributed by atoms with Gasteiger partial charge in [-0.3, -0.25) is 19.2 Å². The highest BCUT2D eigenvalue weighted by molar-refractivity contribution is 5.81. The average molecular weight is 520 g/mol. The zero-order valence-corrected chi connectivity index (χ0v) is 21.3. The molecule has 0 bridgehead atoms. The zero-order valence-electron chi connectivity index (χ0n) is 21.3. The molecule has 1 aliphatic heterocycles. The van der Waals surface area contributed by atoms with Crippen LogP contribution in [0.3, 0.4) is 0 Å². The smallest absolute Gasteiger partial charge is 0.410 e. The molecule has 1 saturated heterocycles. The topological polar surface area (TPSA) is 179 Å². The summed E-state index contributed by atoms with van der Waals surface area (Å²) < 4.78 is 36.3. The number of methoxy groups -OCH3 is 1. The minimum Gasteiger partial charge on any atom is -0.467 e.